The molecule has 0 saturated carbocycles. The van der Waals surface area contributed by atoms with Crippen LogP contribution in [0.25, 0.3) is 5.65 Å². The number of β-amino-alcohol motifs (C(OH)–C–C–N with tert-alkyl or cyclic N) is 1. The predicted molar refractivity (Wildman–Crippen MR) is 127 cm³/mol. The molecule has 2 unspecified atom stereocenters. The monoisotopic (exact) mass is 524 g/mol. The fraction of sp³-hybridized carbons (Fsp3) is 0.409. The number of hydrogen-bond donors (Lipinski definition) is 3. The number of urea groups is 1. The van der Waals surface area contributed by atoms with Crippen molar-refractivity contribution in [1.82, 2.24) is 19.5 Å². The Hall–Kier alpha value is -3.36. The first-order valence-electron chi connectivity index (χ1n) is 11.2. The molecule has 4 heterocycles. The van der Waals surface area contributed by atoms with Gasteiger partial charge < -0.3 is 20.2 Å². The van der Waals surface area contributed by atoms with E-state index in [2.05, 4.69) is 15.4 Å². The Kier molecular flexibility index (Phi) is 7.38. The third kappa shape index (κ3) is 6.06. The fourth-order valence-corrected chi connectivity index (χ4v) is 4.36. The van der Waals surface area contributed by atoms with Crippen molar-refractivity contribution in [2.75, 3.05) is 36.1 Å². The van der Waals surface area contributed by atoms with Gasteiger partial charge in [-0.05, 0) is 43.5 Å². The van der Waals surface area contributed by atoms with Gasteiger partial charge in [0.1, 0.15) is 23.1 Å². The van der Waals surface area contributed by atoms with Gasteiger partial charge in [0.05, 0.1) is 24.6 Å². The van der Waals surface area contributed by atoms with Gasteiger partial charge in [0.2, 0.25) is 0 Å². The lowest BCUT2D eigenvalue weighted by atomic mass is 10.0. The summed E-state index contributed by atoms with van der Waals surface area (Å²) in [7, 11) is -3.67. The standard InChI is InChI=1S/C21H22F2N6O2.CH4O3S/c22-13-3-4-16(23)15(10-13)18-2-1-7-28(18)19-6-9-29-20(26-19)17(11-24-29)25-21(31)27-8-5-14(30)12-27;1-5(2,3)4/h3-4,6,9-11,14,18,30H,1-2,5,7-8,12H2,(H,25,31);1H3,(H,2,3,4). The second-order valence-corrected chi connectivity index (χ2v) is 10.1. The number of fused-ring (bicyclic) bond motifs is 1. The minimum atomic E-state index is -3.67. The highest BCUT2D eigenvalue weighted by atomic mass is 32.2. The molecule has 2 saturated heterocycles. The zero-order valence-electron chi connectivity index (χ0n) is 19.4. The Morgan fingerprint density at radius 2 is 1.94 bits per heavy atom. The molecular weight excluding hydrogens is 498 g/mol. The van der Waals surface area contributed by atoms with E-state index < -0.39 is 27.9 Å². The second kappa shape index (κ2) is 10.3. The number of amides is 2. The molecule has 2 aliphatic rings. The summed E-state index contributed by atoms with van der Waals surface area (Å²) in [6.45, 7) is 1.43. The highest BCUT2D eigenvalue weighted by Crippen LogP contribution is 2.37. The lowest BCUT2D eigenvalue weighted by molar-refractivity contribution is 0.176. The van der Waals surface area contributed by atoms with Crippen LogP contribution < -0.4 is 10.2 Å². The van der Waals surface area contributed by atoms with Crippen molar-refractivity contribution in [3.05, 3.63) is 53.9 Å². The molecule has 0 bridgehead atoms. The smallest absolute Gasteiger partial charge is 0.322 e. The molecule has 36 heavy (non-hydrogen) atoms. The number of hydrogen-bond acceptors (Lipinski definition) is 7. The third-order valence-electron chi connectivity index (χ3n) is 5.91. The van der Waals surface area contributed by atoms with Crippen molar-refractivity contribution in [3.63, 3.8) is 0 Å². The first-order valence-corrected chi connectivity index (χ1v) is 13.1. The zero-order valence-corrected chi connectivity index (χ0v) is 20.2. The van der Waals surface area contributed by atoms with Crippen molar-refractivity contribution in [1.29, 1.82) is 0 Å². The molecule has 0 spiro atoms. The highest BCUT2D eigenvalue weighted by Gasteiger charge is 2.30. The van der Waals surface area contributed by atoms with Crippen LogP contribution in [0, 0.1) is 11.6 Å². The van der Waals surface area contributed by atoms with Gasteiger partial charge in [0.15, 0.2) is 5.65 Å². The van der Waals surface area contributed by atoms with Crippen molar-refractivity contribution >= 4 is 33.3 Å². The summed E-state index contributed by atoms with van der Waals surface area (Å²) in [5, 5.41) is 16.7. The van der Waals surface area contributed by atoms with Gasteiger partial charge in [-0.1, -0.05) is 0 Å². The lowest BCUT2D eigenvalue weighted by Crippen LogP contribution is -2.33. The van der Waals surface area contributed by atoms with Crippen LogP contribution in [-0.2, 0) is 10.1 Å². The van der Waals surface area contributed by atoms with E-state index in [9.17, 15) is 27.1 Å². The number of aliphatic hydroxyl groups is 1. The van der Waals surface area contributed by atoms with Crippen LogP contribution in [0.15, 0.2) is 36.7 Å². The quantitative estimate of drug-likeness (QED) is 0.444. The number of benzene rings is 1. The molecule has 2 fully saturated rings. The van der Waals surface area contributed by atoms with Crippen LogP contribution in [0.5, 0.6) is 0 Å². The summed E-state index contributed by atoms with van der Waals surface area (Å²) in [4.78, 5) is 20.7. The molecule has 1 aromatic carbocycles. The Bertz CT molecular complexity index is 1360. The van der Waals surface area contributed by atoms with Crippen LogP contribution in [0.1, 0.15) is 30.9 Å². The number of likely N-dealkylation sites (tertiary alicyclic amines) is 1. The lowest BCUT2D eigenvalue weighted by Gasteiger charge is -2.26. The molecule has 0 radical (unpaired) electrons. The molecule has 3 aromatic rings. The number of nitrogens with zero attached hydrogens (tertiary/aromatic N) is 5. The maximum absolute atomic E-state index is 14.4. The summed E-state index contributed by atoms with van der Waals surface area (Å²) in [5.74, 6) is -0.310. The van der Waals surface area contributed by atoms with Gasteiger partial charge in [-0.2, -0.15) is 13.5 Å². The van der Waals surface area contributed by atoms with Crippen LogP contribution in [0.4, 0.5) is 25.1 Å². The second-order valence-electron chi connectivity index (χ2n) is 8.68. The van der Waals surface area contributed by atoms with Gasteiger partial charge >= 0.3 is 6.03 Å². The minimum Gasteiger partial charge on any atom is -0.391 e. The van der Waals surface area contributed by atoms with Gasteiger partial charge in [0.25, 0.3) is 10.1 Å². The van der Waals surface area contributed by atoms with Crippen molar-refractivity contribution in [2.45, 2.75) is 31.4 Å². The number of halogens is 2. The van der Waals surface area contributed by atoms with Gasteiger partial charge in [-0.25, -0.2) is 23.1 Å². The molecule has 2 amide bonds. The molecule has 2 atom stereocenters. The third-order valence-corrected chi connectivity index (χ3v) is 5.91. The fourth-order valence-electron chi connectivity index (χ4n) is 4.36. The van der Waals surface area contributed by atoms with E-state index in [1.54, 1.807) is 21.7 Å². The van der Waals surface area contributed by atoms with Crippen molar-refractivity contribution < 1.29 is 31.7 Å². The highest BCUT2D eigenvalue weighted by molar-refractivity contribution is 7.85. The van der Waals surface area contributed by atoms with E-state index in [4.69, 9.17) is 4.55 Å². The molecule has 3 N–H and O–H groups in total. The number of carbonyl (C=O) groups excluding carboxylic acids is 1. The molecule has 14 heteroatoms. The maximum Gasteiger partial charge on any atom is 0.322 e. The molecule has 2 aliphatic heterocycles. The summed E-state index contributed by atoms with van der Waals surface area (Å²) >= 11 is 0. The molecule has 194 valence electrons. The van der Waals surface area contributed by atoms with Crippen LogP contribution in [-0.4, -0.2) is 75.6 Å². The first-order chi connectivity index (χ1) is 17.0. The van der Waals surface area contributed by atoms with E-state index in [1.165, 1.54) is 12.3 Å². The molecular formula is C22H26F2N6O5S. The molecule has 0 aliphatic carbocycles. The molecule has 11 nitrogen and oxygen atoms in total. The number of aliphatic hydroxyl groups excluding tert-OH is 1. The largest absolute Gasteiger partial charge is 0.391 e. The summed E-state index contributed by atoms with van der Waals surface area (Å²) in [6.07, 6.45) is 5.52. The van der Waals surface area contributed by atoms with Gasteiger partial charge in [-0.3, -0.25) is 4.55 Å². The zero-order chi connectivity index (χ0) is 26.0. The normalized spacial score (nSPS) is 19.9. The number of nitrogens with one attached hydrogen (secondary N) is 1. The Labute approximate surface area is 206 Å². The number of rotatable bonds is 3. The van der Waals surface area contributed by atoms with Crippen molar-refractivity contribution in [2.24, 2.45) is 0 Å². The summed E-state index contributed by atoms with van der Waals surface area (Å²) in [5.41, 5.74) is 1.21. The topological polar surface area (TPSA) is 140 Å². The maximum atomic E-state index is 14.4. The van der Waals surface area contributed by atoms with Gasteiger partial charge in [-0.15, -0.1) is 0 Å². The summed E-state index contributed by atoms with van der Waals surface area (Å²) in [6, 6.07) is 4.64. The SMILES string of the molecule is CS(=O)(=O)O.O=C(Nc1cnn2ccc(N3CCCC3c3cc(F)ccc3F)nc12)N1CCC(O)C1. The molecule has 5 rings (SSSR count). The van der Waals surface area contributed by atoms with E-state index in [0.29, 0.717) is 61.4 Å². The van der Waals surface area contributed by atoms with E-state index in [1.807, 2.05) is 4.90 Å². The van der Waals surface area contributed by atoms with Crippen LogP contribution >= 0.6 is 0 Å². The van der Waals surface area contributed by atoms with Crippen molar-refractivity contribution in [3.8, 4) is 0 Å². The number of aromatic nitrogens is 3. The number of anilines is 2. The van der Waals surface area contributed by atoms with Crippen LogP contribution in [0.3, 0.4) is 0 Å². The van der Waals surface area contributed by atoms with E-state index in [-0.39, 0.29) is 12.1 Å². The minimum absolute atomic E-state index is 0.290. The van der Waals surface area contributed by atoms with Gasteiger partial charge in [0, 0.05) is 31.4 Å². The average Bonchev–Trinajstić information content (AvgIpc) is 3.54. The Balaban J connectivity index is 0.000000556. The average molecular weight is 525 g/mol. The van der Waals surface area contributed by atoms with Crippen LogP contribution in [0.2, 0.25) is 0 Å². The Morgan fingerprint density at radius 1 is 1.19 bits per heavy atom. The predicted octanol–water partition coefficient (Wildman–Crippen LogP) is 2.45. The van der Waals surface area contributed by atoms with E-state index in [0.717, 1.165) is 18.6 Å². The molecule has 2 aromatic heterocycles. The Morgan fingerprint density at radius 3 is 2.64 bits per heavy atom. The van der Waals surface area contributed by atoms with E-state index >= 15 is 0 Å². The summed E-state index contributed by atoms with van der Waals surface area (Å²) < 4.78 is 55.6. The first kappa shape index (κ1) is 25.7. The number of carbonyl (C=O) groups is 1.